The fraction of sp³-hybridized carbons (Fsp3) is 0.111. The molecule has 12 nitrogen and oxygen atoms in total. The van der Waals surface area contributed by atoms with Gasteiger partial charge >= 0.3 is 6.03 Å². The number of hydrogen-bond acceptors (Lipinski definition) is 8. The number of anilines is 2. The number of ether oxygens (including phenoxy) is 2. The molecule has 216 valence electrons. The molecule has 5 amide bonds. The van der Waals surface area contributed by atoms with E-state index < -0.39 is 34.2 Å². The lowest BCUT2D eigenvalue weighted by molar-refractivity contribution is -0.384. The van der Waals surface area contributed by atoms with Gasteiger partial charge < -0.3 is 14.8 Å². The van der Waals surface area contributed by atoms with Gasteiger partial charge in [-0.2, -0.15) is 0 Å². The molecular weight excluding hydrogens is 706 g/mol. The molecule has 1 saturated heterocycles. The number of rotatable bonds is 9. The van der Waals surface area contributed by atoms with Crippen LogP contribution in [0.1, 0.15) is 12.5 Å². The summed E-state index contributed by atoms with van der Waals surface area (Å²) in [4.78, 5) is 62.0. The summed E-state index contributed by atoms with van der Waals surface area (Å²) in [5, 5.41) is 16.5. The summed E-state index contributed by atoms with van der Waals surface area (Å²) >= 11 is 13.8. The molecule has 0 saturated carbocycles. The summed E-state index contributed by atoms with van der Waals surface area (Å²) < 4.78 is 11.9. The van der Waals surface area contributed by atoms with E-state index in [1.54, 1.807) is 25.1 Å². The van der Waals surface area contributed by atoms with Gasteiger partial charge in [-0.05, 0) is 77.6 Å². The zero-order valence-corrected chi connectivity index (χ0v) is 25.2. The van der Waals surface area contributed by atoms with Gasteiger partial charge in [-0.15, -0.1) is 0 Å². The number of halogens is 3. The number of non-ortho nitro benzene ring substituents is 1. The minimum atomic E-state index is -1.05. The average Bonchev–Trinajstić information content (AvgIpc) is 2.93. The Morgan fingerprint density at radius 2 is 1.86 bits per heavy atom. The number of nitro groups is 1. The maximum absolute atomic E-state index is 13.3. The summed E-state index contributed by atoms with van der Waals surface area (Å²) in [6, 6.07) is 11.5. The quantitative estimate of drug-likeness (QED) is 0.0951. The first-order chi connectivity index (χ1) is 20.0. The largest absolute Gasteiger partial charge is 0.490 e. The molecule has 1 heterocycles. The number of urea groups is 1. The molecule has 1 aliphatic heterocycles. The fourth-order valence-electron chi connectivity index (χ4n) is 3.79. The summed E-state index contributed by atoms with van der Waals surface area (Å²) in [5.41, 5.74) is -0.0469. The number of amides is 5. The van der Waals surface area contributed by atoms with Crippen molar-refractivity contribution >= 4 is 92.7 Å². The smallest absolute Gasteiger partial charge is 0.335 e. The van der Waals surface area contributed by atoms with E-state index >= 15 is 0 Å². The Morgan fingerprint density at radius 3 is 2.55 bits per heavy atom. The lowest BCUT2D eigenvalue weighted by Gasteiger charge is -2.26. The standard InChI is InChI=1S/C27H19Cl2IN4O8/c1-2-41-22-10-14(9-21(30)24(22)42-13-23(35)31-15-6-7-19(28)20(29)11-15)8-18-25(36)32-27(38)33(26(18)37)16-4-3-5-17(12-16)34(39)40/h3-12H,2,13H2,1H3,(H,31,35)(H,32,36,38)/b18-8-. The van der Waals surface area contributed by atoms with Crippen LogP contribution in [0.5, 0.6) is 11.5 Å². The molecular formula is C27H19Cl2IN4O8. The summed E-state index contributed by atoms with van der Waals surface area (Å²) in [6.45, 7) is 1.59. The van der Waals surface area contributed by atoms with Crippen molar-refractivity contribution in [3.8, 4) is 11.5 Å². The zero-order valence-electron chi connectivity index (χ0n) is 21.5. The second kappa shape index (κ2) is 13.2. The molecule has 0 radical (unpaired) electrons. The van der Waals surface area contributed by atoms with Crippen molar-refractivity contribution in [2.45, 2.75) is 6.92 Å². The van der Waals surface area contributed by atoms with Crippen molar-refractivity contribution in [3.63, 3.8) is 0 Å². The highest BCUT2D eigenvalue weighted by Gasteiger charge is 2.37. The second-order valence-corrected chi connectivity index (χ2v) is 10.4. The van der Waals surface area contributed by atoms with Crippen LogP contribution < -0.4 is 25.0 Å². The van der Waals surface area contributed by atoms with Crippen LogP contribution in [-0.2, 0) is 14.4 Å². The molecule has 1 fully saturated rings. The van der Waals surface area contributed by atoms with Gasteiger partial charge in [0.1, 0.15) is 5.57 Å². The van der Waals surface area contributed by atoms with Crippen molar-refractivity contribution in [3.05, 3.63) is 89.5 Å². The monoisotopic (exact) mass is 724 g/mol. The number of nitro benzene ring substituents is 1. The van der Waals surface area contributed by atoms with Gasteiger partial charge in [-0.25, -0.2) is 9.69 Å². The Labute approximate surface area is 261 Å². The molecule has 0 bridgehead atoms. The van der Waals surface area contributed by atoms with Crippen LogP contribution in [0.25, 0.3) is 6.08 Å². The van der Waals surface area contributed by atoms with Gasteiger partial charge in [0, 0.05) is 17.8 Å². The molecule has 0 aromatic heterocycles. The van der Waals surface area contributed by atoms with E-state index in [1.807, 2.05) is 22.6 Å². The molecule has 42 heavy (non-hydrogen) atoms. The molecule has 3 aromatic carbocycles. The highest BCUT2D eigenvalue weighted by atomic mass is 127. The fourth-order valence-corrected chi connectivity index (χ4v) is 4.87. The topological polar surface area (TPSA) is 157 Å². The van der Waals surface area contributed by atoms with Gasteiger partial charge in [0.2, 0.25) is 0 Å². The van der Waals surface area contributed by atoms with Gasteiger partial charge in [-0.1, -0.05) is 29.3 Å². The first-order valence-electron chi connectivity index (χ1n) is 12.0. The third kappa shape index (κ3) is 6.98. The van der Waals surface area contributed by atoms with Gasteiger partial charge in [-0.3, -0.25) is 29.8 Å². The third-order valence-electron chi connectivity index (χ3n) is 5.59. The summed E-state index contributed by atoms with van der Waals surface area (Å²) in [7, 11) is 0. The Hall–Kier alpha value is -4.21. The second-order valence-electron chi connectivity index (χ2n) is 8.46. The van der Waals surface area contributed by atoms with Gasteiger partial charge in [0.05, 0.1) is 30.8 Å². The molecule has 0 spiro atoms. The first-order valence-corrected chi connectivity index (χ1v) is 13.8. The lowest BCUT2D eigenvalue weighted by atomic mass is 10.1. The lowest BCUT2D eigenvalue weighted by Crippen LogP contribution is -2.54. The summed E-state index contributed by atoms with van der Waals surface area (Å²) in [6.07, 6.45) is 1.25. The number of barbiturate groups is 1. The van der Waals surface area contributed by atoms with E-state index in [0.29, 0.717) is 24.7 Å². The highest BCUT2D eigenvalue weighted by molar-refractivity contribution is 14.1. The number of nitrogens with one attached hydrogen (secondary N) is 2. The Balaban J connectivity index is 1.59. The van der Waals surface area contributed by atoms with Crippen molar-refractivity contribution in [1.29, 1.82) is 0 Å². The molecule has 1 aliphatic rings. The number of carbonyl (C=O) groups is 4. The van der Waals surface area contributed by atoms with Gasteiger partial charge in [0.15, 0.2) is 18.1 Å². The van der Waals surface area contributed by atoms with Crippen molar-refractivity contribution in [2.24, 2.45) is 0 Å². The molecule has 0 unspecified atom stereocenters. The van der Waals surface area contributed by atoms with Crippen LogP contribution in [0.15, 0.2) is 60.2 Å². The maximum atomic E-state index is 13.3. The van der Waals surface area contributed by atoms with Crippen LogP contribution >= 0.6 is 45.8 Å². The van der Waals surface area contributed by atoms with E-state index in [2.05, 4.69) is 10.6 Å². The predicted octanol–water partition coefficient (Wildman–Crippen LogP) is 5.59. The maximum Gasteiger partial charge on any atom is 0.335 e. The average molecular weight is 725 g/mol. The molecule has 0 aliphatic carbocycles. The van der Waals surface area contributed by atoms with Crippen LogP contribution in [0, 0.1) is 13.7 Å². The first kappa shape index (κ1) is 30.7. The molecule has 3 aromatic rings. The Morgan fingerprint density at radius 1 is 1.10 bits per heavy atom. The molecule has 2 N–H and O–H groups in total. The Bertz CT molecular complexity index is 1660. The highest BCUT2D eigenvalue weighted by Crippen LogP contribution is 2.36. The summed E-state index contributed by atoms with van der Waals surface area (Å²) in [5.74, 6) is -1.92. The third-order valence-corrected chi connectivity index (χ3v) is 7.13. The predicted molar refractivity (Wildman–Crippen MR) is 163 cm³/mol. The normalized spacial score (nSPS) is 14.0. The number of nitrogens with zero attached hydrogens (tertiary/aromatic N) is 2. The van der Waals surface area contributed by atoms with Crippen molar-refractivity contribution in [2.75, 3.05) is 23.4 Å². The van der Waals surface area contributed by atoms with Crippen LogP contribution in [0.4, 0.5) is 21.9 Å². The number of benzene rings is 3. The SMILES string of the molecule is CCOc1cc(/C=C2/C(=O)NC(=O)N(c3cccc([N+](=O)[O-])c3)C2=O)cc(I)c1OCC(=O)Nc1ccc(Cl)c(Cl)c1. The van der Waals surface area contributed by atoms with E-state index in [4.69, 9.17) is 32.7 Å². The number of imide groups is 2. The van der Waals surface area contributed by atoms with E-state index in [1.165, 1.54) is 36.4 Å². The van der Waals surface area contributed by atoms with Crippen LogP contribution in [0.3, 0.4) is 0 Å². The molecule has 4 rings (SSSR count). The van der Waals surface area contributed by atoms with Gasteiger partial charge in [0.25, 0.3) is 23.4 Å². The van der Waals surface area contributed by atoms with Crippen LogP contribution in [-0.4, -0.2) is 41.9 Å². The molecule has 0 atom stereocenters. The minimum absolute atomic E-state index is 0.0856. The van der Waals surface area contributed by atoms with Crippen molar-refractivity contribution in [1.82, 2.24) is 5.32 Å². The zero-order chi connectivity index (χ0) is 30.6. The van der Waals surface area contributed by atoms with Crippen LogP contribution in [0.2, 0.25) is 10.0 Å². The van der Waals surface area contributed by atoms with E-state index in [9.17, 15) is 29.3 Å². The number of hydrogen-bond donors (Lipinski definition) is 2. The Kier molecular flexibility index (Phi) is 9.65. The van der Waals surface area contributed by atoms with E-state index in [0.717, 1.165) is 6.07 Å². The van der Waals surface area contributed by atoms with Crippen molar-refractivity contribution < 1.29 is 33.6 Å². The minimum Gasteiger partial charge on any atom is -0.490 e. The number of carbonyl (C=O) groups excluding carboxylic acids is 4. The van der Waals surface area contributed by atoms with E-state index in [-0.39, 0.29) is 41.1 Å². The molecule has 15 heteroatoms.